The van der Waals surface area contributed by atoms with Gasteiger partial charge in [-0.2, -0.15) is 0 Å². The van der Waals surface area contributed by atoms with Crippen molar-refractivity contribution in [2.24, 2.45) is 10.8 Å². The summed E-state index contributed by atoms with van der Waals surface area (Å²) < 4.78 is 32.6. The van der Waals surface area contributed by atoms with Crippen molar-refractivity contribution in [3.05, 3.63) is 35.6 Å². The second-order valence-corrected chi connectivity index (χ2v) is 6.81. The van der Waals surface area contributed by atoms with Gasteiger partial charge in [0, 0.05) is 17.5 Å². The summed E-state index contributed by atoms with van der Waals surface area (Å²) in [5.41, 5.74) is 6.53. The van der Waals surface area contributed by atoms with E-state index in [2.05, 4.69) is 32.9 Å². The van der Waals surface area contributed by atoms with Crippen LogP contribution in [-0.2, 0) is 0 Å². The topological polar surface area (TPSA) is 52.0 Å². The molecular weight excluding hydrogens is 274 g/mol. The van der Waals surface area contributed by atoms with E-state index in [4.69, 9.17) is 10.3 Å². The van der Waals surface area contributed by atoms with E-state index in [1.54, 1.807) is 0 Å². The van der Waals surface area contributed by atoms with Crippen LogP contribution in [0.2, 0.25) is 0 Å². The zero-order valence-corrected chi connectivity index (χ0v) is 12.5. The SMILES string of the molecule is CC1(C)C(c2onc(N)c2-c2ccc(F)cc2F)C1(C)C. The van der Waals surface area contributed by atoms with Crippen LogP contribution in [0.3, 0.4) is 0 Å². The van der Waals surface area contributed by atoms with Crippen molar-refractivity contribution in [2.45, 2.75) is 33.6 Å². The number of aromatic nitrogens is 1. The van der Waals surface area contributed by atoms with Gasteiger partial charge in [-0.1, -0.05) is 32.9 Å². The zero-order valence-electron chi connectivity index (χ0n) is 12.5. The highest BCUT2D eigenvalue weighted by Crippen LogP contribution is 2.74. The Balaban J connectivity index is 2.15. The van der Waals surface area contributed by atoms with E-state index in [1.807, 2.05) is 0 Å². The molecule has 3 rings (SSSR count). The van der Waals surface area contributed by atoms with Crippen molar-refractivity contribution in [1.82, 2.24) is 5.16 Å². The van der Waals surface area contributed by atoms with Crippen molar-refractivity contribution in [2.75, 3.05) is 5.73 Å². The van der Waals surface area contributed by atoms with Gasteiger partial charge in [0.1, 0.15) is 11.6 Å². The Morgan fingerprint density at radius 2 is 1.76 bits per heavy atom. The quantitative estimate of drug-likeness (QED) is 0.895. The van der Waals surface area contributed by atoms with Crippen LogP contribution in [0.4, 0.5) is 14.6 Å². The van der Waals surface area contributed by atoms with Crippen molar-refractivity contribution >= 4 is 5.82 Å². The van der Waals surface area contributed by atoms with Crippen LogP contribution in [0.15, 0.2) is 22.7 Å². The summed E-state index contributed by atoms with van der Waals surface area (Å²) in [5, 5.41) is 3.79. The maximum atomic E-state index is 14.1. The first-order chi connectivity index (χ1) is 9.68. The molecule has 0 atom stereocenters. The van der Waals surface area contributed by atoms with Gasteiger partial charge < -0.3 is 10.3 Å². The normalized spacial score (nSPS) is 19.7. The van der Waals surface area contributed by atoms with Gasteiger partial charge in [0.15, 0.2) is 11.6 Å². The third-order valence-electron chi connectivity index (χ3n) is 5.23. The molecule has 2 aromatic rings. The predicted octanol–water partition coefficient (Wildman–Crippen LogP) is 4.35. The number of halogens is 2. The van der Waals surface area contributed by atoms with Gasteiger partial charge in [-0.05, 0) is 23.0 Å². The van der Waals surface area contributed by atoms with Crippen LogP contribution in [0.25, 0.3) is 11.1 Å². The summed E-state index contributed by atoms with van der Waals surface area (Å²) in [7, 11) is 0. The molecule has 0 spiro atoms. The molecule has 112 valence electrons. The number of benzene rings is 1. The van der Waals surface area contributed by atoms with Gasteiger partial charge in [-0.25, -0.2) is 8.78 Å². The Morgan fingerprint density at radius 1 is 1.14 bits per heavy atom. The number of anilines is 1. The van der Waals surface area contributed by atoms with E-state index in [1.165, 1.54) is 12.1 Å². The van der Waals surface area contributed by atoms with Crippen LogP contribution in [-0.4, -0.2) is 5.16 Å². The highest BCUT2D eigenvalue weighted by molar-refractivity contribution is 5.77. The summed E-state index contributed by atoms with van der Waals surface area (Å²) in [6.07, 6.45) is 0. The molecule has 1 aromatic heterocycles. The lowest BCUT2D eigenvalue weighted by Gasteiger charge is -2.05. The molecule has 1 heterocycles. The summed E-state index contributed by atoms with van der Waals surface area (Å²) in [5.74, 6) is -0.487. The Labute approximate surface area is 122 Å². The molecule has 1 aliphatic rings. The largest absolute Gasteiger partial charge is 0.380 e. The lowest BCUT2D eigenvalue weighted by atomic mass is 9.99. The Kier molecular flexibility index (Phi) is 2.71. The fourth-order valence-electron chi connectivity index (χ4n) is 3.33. The molecule has 0 unspecified atom stereocenters. The molecule has 1 aliphatic carbocycles. The second kappa shape index (κ2) is 4.06. The van der Waals surface area contributed by atoms with E-state index >= 15 is 0 Å². The lowest BCUT2D eigenvalue weighted by molar-refractivity contribution is 0.374. The third-order valence-corrected chi connectivity index (χ3v) is 5.23. The Morgan fingerprint density at radius 3 is 2.29 bits per heavy atom. The molecule has 1 fully saturated rings. The van der Waals surface area contributed by atoms with E-state index in [9.17, 15) is 8.78 Å². The highest BCUT2D eigenvalue weighted by Gasteiger charge is 2.67. The molecule has 0 amide bonds. The summed E-state index contributed by atoms with van der Waals surface area (Å²) in [6.45, 7) is 8.50. The van der Waals surface area contributed by atoms with E-state index < -0.39 is 11.6 Å². The average molecular weight is 292 g/mol. The van der Waals surface area contributed by atoms with Crippen LogP contribution in [0, 0.1) is 22.5 Å². The molecule has 2 N–H and O–H groups in total. The van der Waals surface area contributed by atoms with E-state index in [0.29, 0.717) is 11.3 Å². The van der Waals surface area contributed by atoms with Gasteiger partial charge in [0.25, 0.3) is 0 Å². The highest BCUT2D eigenvalue weighted by atomic mass is 19.1. The predicted molar refractivity (Wildman–Crippen MR) is 76.6 cm³/mol. The molecule has 0 bridgehead atoms. The van der Waals surface area contributed by atoms with Crippen LogP contribution >= 0.6 is 0 Å². The molecule has 0 saturated heterocycles. The number of nitrogen functional groups attached to an aromatic ring is 1. The number of rotatable bonds is 2. The fourth-order valence-corrected chi connectivity index (χ4v) is 3.33. The fraction of sp³-hybridized carbons (Fsp3) is 0.438. The molecule has 1 aromatic carbocycles. The average Bonchev–Trinajstić information content (AvgIpc) is 2.65. The zero-order chi connectivity index (χ0) is 15.6. The summed E-state index contributed by atoms with van der Waals surface area (Å²) >= 11 is 0. The molecule has 1 saturated carbocycles. The standard InChI is InChI=1S/C16H18F2N2O/c1-15(2)13(16(15,3)4)12-11(14(19)20-21-12)9-6-5-8(17)7-10(9)18/h5-7,13H,1-4H3,(H2,19,20). The van der Waals surface area contributed by atoms with Crippen LogP contribution < -0.4 is 5.73 Å². The third kappa shape index (κ3) is 1.79. The maximum Gasteiger partial charge on any atom is 0.175 e. The van der Waals surface area contributed by atoms with Gasteiger partial charge in [-0.15, -0.1) is 0 Å². The molecule has 3 nitrogen and oxygen atoms in total. The number of hydrogen-bond acceptors (Lipinski definition) is 3. The Bertz CT molecular complexity index is 705. The monoisotopic (exact) mass is 292 g/mol. The van der Waals surface area contributed by atoms with Crippen molar-refractivity contribution in [3.63, 3.8) is 0 Å². The number of nitrogens with two attached hydrogens (primary N) is 1. The molecule has 0 radical (unpaired) electrons. The first-order valence-corrected chi connectivity index (χ1v) is 6.88. The number of nitrogens with zero attached hydrogens (tertiary/aromatic N) is 1. The molecule has 21 heavy (non-hydrogen) atoms. The van der Waals surface area contributed by atoms with Crippen LogP contribution in [0.1, 0.15) is 39.4 Å². The van der Waals surface area contributed by atoms with E-state index in [0.717, 1.165) is 6.07 Å². The van der Waals surface area contributed by atoms with E-state index in [-0.39, 0.29) is 28.1 Å². The molecular formula is C16H18F2N2O. The Hall–Kier alpha value is -1.91. The molecule has 5 heteroatoms. The van der Waals surface area contributed by atoms with Crippen molar-refractivity contribution in [3.8, 4) is 11.1 Å². The number of hydrogen-bond donors (Lipinski definition) is 1. The summed E-state index contributed by atoms with van der Waals surface area (Å²) in [6, 6.07) is 3.42. The summed E-state index contributed by atoms with van der Waals surface area (Å²) in [4.78, 5) is 0. The lowest BCUT2D eigenvalue weighted by Crippen LogP contribution is -1.95. The minimum Gasteiger partial charge on any atom is -0.380 e. The maximum absolute atomic E-state index is 14.1. The minimum atomic E-state index is -0.664. The van der Waals surface area contributed by atoms with Crippen LogP contribution in [0.5, 0.6) is 0 Å². The van der Waals surface area contributed by atoms with Crippen molar-refractivity contribution < 1.29 is 13.3 Å². The van der Waals surface area contributed by atoms with Gasteiger partial charge in [0.2, 0.25) is 0 Å². The van der Waals surface area contributed by atoms with Gasteiger partial charge in [0.05, 0.1) is 5.56 Å². The first-order valence-electron chi connectivity index (χ1n) is 6.88. The molecule has 0 aliphatic heterocycles. The van der Waals surface area contributed by atoms with Gasteiger partial charge in [-0.3, -0.25) is 0 Å². The first kappa shape index (κ1) is 14.0. The second-order valence-electron chi connectivity index (χ2n) is 6.81. The van der Waals surface area contributed by atoms with Crippen molar-refractivity contribution in [1.29, 1.82) is 0 Å². The van der Waals surface area contributed by atoms with Gasteiger partial charge >= 0.3 is 0 Å². The minimum absolute atomic E-state index is 0.00420. The smallest absolute Gasteiger partial charge is 0.175 e.